The predicted octanol–water partition coefficient (Wildman–Crippen LogP) is 3.68. The van der Waals surface area contributed by atoms with Crippen LogP contribution in [0, 0.1) is 0 Å². The van der Waals surface area contributed by atoms with E-state index in [-0.39, 0.29) is 0 Å². The smallest absolute Gasteiger partial charge is 0.134 e. The molecule has 0 saturated heterocycles. The van der Waals surface area contributed by atoms with Crippen molar-refractivity contribution in [3.8, 4) is 5.75 Å². The number of hydrogen-bond donors (Lipinski definition) is 1. The largest absolute Gasteiger partial charge is 0.488 e. The van der Waals surface area contributed by atoms with Crippen LogP contribution < -0.4 is 10.2 Å². The van der Waals surface area contributed by atoms with Gasteiger partial charge in [0.1, 0.15) is 12.4 Å². The van der Waals surface area contributed by atoms with Crippen LogP contribution in [0.1, 0.15) is 11.1 Å². The zero-order valence-corrected chi connectivity index (χ0v) is 12.3. The first-order chi connectivity index (χ1) is 9.29. The molecule has 0 amide bonds. The van der Waals surface area contributed by atoms with Crippen molar-refractivity contribution in [2.45, 2.75) is 13.2 Å². The van der Waals surface area contributed by atoms with E-state index < -0.39 is 0 Å². The Labute approximate surface area is 121 Å². The molecule has 0 bridgehead atoms. The van der Waals surface area contributed by atoms with E-state index in [1.54, 1.807) is 7.11 Å². The fourth-order valence-corrected chi connectivity index (χ4v) is 2.20. The van der Waals surface area contributed by atoms with Gasteiger partial charge < -0.3 is 9.57 Å². The van der Waals surface area contributed by atoms with Gasteiger partial charge in [0.2, 0.25) is 0 Å². The SMILES string of the molecule is CONCc1ccc(OCc2ccccc2)c(Br)c1. The Morgan fingerprint density at radius 1 is 1.05 bits per heavy atom. The molecule has 0 atom stereocenters. The van der Waals surface area contributed by atoms with Gasteiger partial charge >= 0.3 is 0 Å². The zero-order valence-electron chi connectivity index (χ0n) is 10.7. The number of ether oxygens (including phenoxy) is 1. The van der Waals surface area contributed by atoms with Gasteiger partial charge in [-0.05, 0) is 39.2 Å². The molecule has 100 valence electrons. The van der Waals surface area contributed by atoms with Gasteiger partial charge in [-0.3, -0.25) is 0 Å². The van der Waals surface area contributed by atoms with Gasteiger partial charge in [-0.25, -0.2) is 0 Å². The topological polar surface area (TPSA) is 30.5 Å². The first-order valence-corrected chi connectivity index (χ1v) is 6.80. The molecule has 0 radical (unpaired) electrons. The molecule has 2 rings (SSSR count). The number of hydroxylamine groups is 1. The van der Waals surface area contributed by atoms with Crippen LogP contribution in [0.25, 0.3) is 0 Å². The van der Waals surface area contributed by atoms with Crippen molar-refractivity contribution in [1.29, 1.82) is 0 Å². The molecule has 0 fully saturated rings. The number of halogens is 1. The number of rotatable bonds is 6. The van der Waals surface area contributed by atoms with Gasteiger partial charge in [0.25, 0.3) is 0 Å². The van der Waals surface area contributed by atoms with Gasteiger partial charge in [-0.15, -0.1) is 0 Å². The lowest BCUT2D eigenvalue weighted by Gasteiger charge is -2.10. The molecule has 0 aliphatic heterocycles. The van der Waals surface area contributed by atoms with Crippen molar-refractivity contribution in [3.05, 3.63) is 64.1 Å². The monoisotopic (exact) mass is 321 g/mol. The van der Waals surface area contributed by atoms with Gasteiger partial charge in [0, 0.05) is 6.54 Å². The Morgan fingerprint density at radius 2 is 1.84 bits per heavy atom. The fraction of sp³-hybridized carbons (Fsp3) is 0.200. The Hall–Kier alpha value is -1.36. The highest BCUT2D eigenvalue weighted by molar-refractivity contribution is 9.10. The first-order valence-electron chi connectivity index (χ1n) is 6.00. The van der Waals surface area contributed by atoms with Crippen molar-refractivity contribution in [2.24, 2.45) is 0 Å². The summed E-state index contributed by atoms with van der Waals surface area (Å²) >= 11 is 3.52. The predicted molar refractivity (Wildman–Crippen MR) is 78.8 cm³/mol. The lowest BCUT2D eigenvalue weighted by molar-refractivity contribution is 0.0867. The third kappa shape index (κ3) is 4.35. The Morgan fingerprint density at radius 3 is 2.53 bits per heavy atom. The number of benzene rings is 2. The lowest BCUT2D eigenvalue weighted by Crippen LogP contribution is -2.10. The summed E-state index contributed by atoms with van der Waals surface area (Å²) in [6.45, 7) is 1.23. The molecule has 0 aliphatic carbocycles. The summed E-state index contributed by atoms with van der Waals surface area (Å²) in [5.74, 6) is 0.838. The average molecular weight is 322 g/mol. The summed E-state index contributed by atoms with van der Waals surface area (Å²) in [6, 6.07) is 16.1. The van der Waals surface area contributed by atoms with E-state index in [1.807, 2.05) is 48.5 Å². The molecule has 0 aliphatic rings. The normalized spacial score (nSPS) is 10.4. The maximum Gasteiger partial charge on any atom is 0.134 e. The van der Waals surface area contributed by atoms with Crippen molar-refractivity contribution in [1.82, 2.24) is 5.48 Å². The van der Waals surface area contributed by atoms with Gasteiger partial charge in [0.05, 0.1) is 11.6 Å². The molecule has 3 nitrogen and oxygen atoms in total. The van der Waals surface area contributed by atoms with E-state index in [2.05, 4.69) is 21.4 Å². The average Bonchev–Trinajstić information content (AvgIpc) is 2.45. The van der Waals surface area contributed by atoms with E-state index in [4.69, 9.17) is 9.57 Å². The molecule has 1 N–H and O–H groups in total. The molecular weight excluding hydrogens is 306 g/mol. The van der Waals surface area contributed by atoms with E-state index in [1.165, 1.54) is 0 Å². The van der Waals surface area contributed by atoms with Crippen LogP contribution in [-0.4, -0.2) is 7.11 Å². The molecule has 2 aromatic rings. The van der Waals surface area contributed by atoms with Crippen molar-refractivity contribution >= 4 is 15.9 Å². The Balaban J connectivity index is 1.97. The summed E-state index contributed by atoms with van der Waals surface area (Å²) in [7, 11) is 1.60. The highest BCUT2D eigenvalue weighted by Crippen LogP contribution is 2.26. The van der Waals surface area contributed by atoms with Gasteiger partial charge in [0.15, 0.2) is 0 Å². The van der Waals surface area contributed by atoms with Gasteiger partial charge in [-0.1, -0.05) is 36.4 Å². The summed E-state index contributed by atoms with van der Waals surface area (Å²) in [4.78, 5) is 4.82. The van der Waals surface area contributed by atoms with E-state index in [9.17, 15) is 0 Å². The van der Waals surface area contributed by atoms with Crippen LogP contribution in [0.5, 0.6) is 5.75 Å². The number of nitrogens with one attached hydrogen (secondary N) is 1. The molecule has 19 heavy (non-hydrogen) atoms. The lowest BCUT2D eigenvalue weighted by atomic mass is 10.2. The number of hydrogen-bond acceptors (Lipinski definition) is 3. The molecule has 0 aromatic heterocycles. The van der Waals surface area contributed by atoms with E-state index in [0.717, 1.165) is 21.3 Å². The standard InChI is InChI=1S/C15H16BrNO2/c1-18-17-10-13-7-8-15(14(16)9-13)19-11-12-5-3-2-4-6-12/h2-9,17H,10-11H2,1H3. The summed E-state index contributed by atoms with van der Waals surface area (Å²) in [5, 5.41) is 0. The summed E-state index contributed by atoms with van der Waals surface area (Å²) < 4.78 is 6.73. The second-order valence-corrected chi connectivity index (χ2v) is 4.92. The maximum absolute atomic E-state index is 5.78. The van der Waals surface area contributed by atoms with Crippen LogP contribution in [-0.2, 0) is 18.0 Å². The highest BCUT2D eigenvalue weighted by Gasteiger charge is 2.03. The summed E-state index contributed by atoms with van der Waals surface area (Å²) in [5.41, 5.74) is 5.09. The fourth-order valence-electron chi connectivity index (χ4n) is 1.66. The van der Waals surface area contributed by atoms with Crippen LogP contribution in [0.3, 0.4) is 0 Å². The molecule has 0 heterocycles. The van der Waals surface area contributed by atoms with Gasteiger partial charge in [-0.2, -0.15) is 5.48 Å². The van der Waals surface area contributed by atoms with Crippen LogP contribution in [0.2, 0.25) is 0 Å². The van der Waals surface area contributed by atoms with E-state index >= 15 is 0 Å². The quantitative estimate of drug-likeness (QED) is 0.823. The van der Waals surface area contributed by atoms with Crippen LogP contribution >= 0.6 is 15.9 Å². The Kier molecular flexibility index (Phi) is 5.39. The minimum absolute atomic E-state index is 0.565. The second kappa shape index (κ2) is 7.28. The van der Waals surface area contributed by atoms with Crippen LogP contribution in [0.15, 0.2) is 53.0 Å². The molecular formula is C15H16BrNO2. The highest BCUT2D eigenvalue weighted by atomic mass is 79.9. The summed E-state index contributed by atoms with van der Waals surface area (Å²) in [6.07, 6.45) is 0. The second-order valence-electron chi connectivity index (χ2n) is 4.06. The van der Waals surface area contributed by atoms with Crippen molar-refractivity contribution in [2.75, 3.05) is 7.11 Å². The molecule has 2 aromatic carbocycles. The molecule has 0 saturated carbocycles. The minimum atomic E-state index is 0.565. The molecule has 0 unspecified atom stereocenters. The maximum atomic E-state index is 5.78. The van der Waals surface area contributed by atoms with Crippen LogP contribution in [0.4, 0.5) is 0 Å². The third-order valence-electron chi connectivity index (χ3n) is 2.65. The van der Waals surface area contributed by atoms with Crippen molar-refractivity contribution < 1.29 is 9.57 Å². The molecule has 0 spiro atoms. The zero-order chi connectivity index (χ0) is 13.5. The van der Waals surface area contributed by atoms with E-state index in [0.29, 0.717) is 13.2 Å². The first kappa shape index (κ1) is 14.1. The molecule has 4 heteroatoms. The Bertz CT molecular complexity index is 517. The van der Waals surface area contributed by atoms with Crippen molar-refractivity contribution in [3.63, 3.8) is 0 Å². The third-order valence-corrected chi connectivity index (χ3v) is 3.27. The minimum Gasteiger partial charge on any atom is -0.488 e.